The molecule has 3 heterocycles. The summed E-state index contributed by atoms with van der Waals surface area (Å²) in [7, 11) is -7.74. The minimum Gasteiger partial charge on any atom is -0.511 e. The number of sulfonamides is 2. The molecule has 1 amide bonds. The third kappa shape index (κ3) is 4.00. The molecular weight excluding hydrogens is 512 g/mol. The summed E-state index contributed by atoms with van der Waals surface area (Å²) >= 11 is 1.09. The van der Waals surface area contributed by atoms with Crippen LogP contribution < -0.4 is 10.0 Å². The van der Waals surface area contributed by atoms with Gasteiger partial charge in [-0.25, -0.2) is 13.1 Å². The van der Waals surface area contributed by atoms with E-state index in [0.29, 0.717) is 18.4 Å². The van der Waals surface area contributed by atoms with Crippen LogP contribution in [0.5, 0.6) is 0 Å². The Kier molecular flexibility index (Phi) is 5.37. The van der Waals surface area contributed by atoms with E-state index in [4.69, 9.17) is 0 Å². The summed E-state index contributed by atoms with van der Waals surface area (Å²) < 4.78 is 55.5. The molecule has 3 N–H and O–H groups in total. The molecule has 5 aliphatic rings. The molecule has 3 saturated carbocycles. The van der Waals surface area contributed by atoms with Crippen LogP contribution in [-0.4, -0.2) is 57.4 Å². The van der Waals surface area contributed by atoms with Crippen LogP contribution in [0, 0.1) is 23.7 Å². The largest absolute Gasteiger partial charge is 0.511 e. The van der Waals surface area contributed by atoms with Gasteiger partial charge in [-0.05, 0) is 48.8 Å². The first-order chi connectivity index (χ1) is 16.5. The molecule has 1 aromatic heterocycles. The third-order valence-corrected chi connectivity index (χ3v) is 11.2. The predicted octanol–water partition coefficient (Wildman–Crippen LogP) is 2.18. The fourth-order valence-corrected chi connectivity index (χ4v) is 9.36. The van der Waals surface area contributed by atoms with Gasteiger partial charge in [0, 0.05) is 30.6 Å². The first-order valence-electron chi connectivity index (χ1n) is 11.9. The van der Waals surface area contributed by atoms with E-state index in [2.05, 4.69) is 14.4 Å². The van der Waals surface area contributed by atoms with Gasteiger partial charge < -0.3 is 15.3 Å². The molecule has 35 heavy (non-hydrogen) atoms. The number of amides is 1. The lowest BCUT2D eigenvalue weighted by atomic mass is 9.77. The van der Waals surface area contributed by atoms with Crippen molar-refractivity contribution < 1.29 is 26.7 Å². The summed E-state index contributed by atoms with van der Waals surface area (Å²) in [6, 6.07) is -0.0319. The van der Waals surface area contributed by atoms with Crippen molar-refractivity contribution in [3.63, 3.8) is 0 Å². The Labute approximate surface area is 208 Å². The van der Waals surface area contributed by atoms with Crippen LogP contribution >= 0.6 is 11.3 Å². The van der Waals surface area contributed by atoms with Crippen molar-refractivity contribution >= 4 is 48.1 Å². The number of anilines is 1. The van der Waals surface area contributed by atoms with Crippen molar-refractivity contribution in [1.82, 2.24) is 9.62 Å². The highest BCUT2D eigenvalue weighted by Crippen LogP contribution is 2.55. The Morgan fingerprint density at radius 2 is 2.00 bits per heavy atom. The molecule has 10 nitrogen and oxygen atoms in total. The standard InChI is InChI=1S/C22H28N4O6S3/c1-34(29,30)23-9-14-10-33-21-19(14)35(31,32)25-20(24-21)16-18(27)15-12-4-5-13(8-12)17(15)26(22(16)28)7-6-11-2-3-11/h10-13,15,17,23,27H,2-9H2,1H3,(H,24,25)/t12-,13+,15+,17?/m0/s1. The van der Waals surface area contributed by atoms with Gasteiger partial charge in [-0.15, -0.1) is 15.7 Å². The molecule has 0 spiro atoms. The maximum absolute atomic E-state index is 13.7. The normalized spacial score (nSPS) is 31.3. The fourth-order valence-electron chi connectivity index (χ4n) is 6.34. The average molecular weight is 541 g/mol. The number of carbonyl (C=O) groups is 1. The number of rotatable bonds is 7. The number of aliphatic hydroxyl groups excluding tert-OH is 1. The molecule has 2 aliphatic heterocycles. The zero-order chi connectivity index (χ0) is 24.7. The number of fused-ring (bicyclic) bond motifs is 6. The van der Waals surface area contributed by atoms with Gasteiger partial charge in [-0.2, -0.15) is 8.42 Å². The Bertz CT molecular complexity index is 1380. The molecule has 190 valence electrons. The van der Waals surface area contributed by atoms with E-state index in [-0.39, 0.29) is 63.0 Å². The summed E-state index contributed by atoms with van der Waals surface area (Å²) in [5, 5.41) is 16.1. The molecule has 3 aliphatic carbocycles. The summed E-state index contributed by atoms with van der Waals surface area (Å²) in [5.41, 5.74) is 0.228. The van der Waals surface area contributed by atoms with E-state index in [0.717, 1.165) is 43.3 Å². The first kappa shape index (κ1) is 23.4. The second kappa shape index (κ2) is 8.02. The van der Waals surface area contributed by atoms with Gasteiger partial charge >= 0.3 is 0 Å². The van der Waals surface area contributed by atoms with Crippen LogP contribution in [0.3, 0.4) is 0 Å². The molecule has 0 aromatic carbocycles. The van der Waals surface area contributed by atoms with E-state index >= 15 is 0 Å². The highest BCUT2D eigenvalue weighted by atomic mass is 32.2. The zero-order valence-corrected chi connectivity index (χ0v) is 21.7. The molecule has 0 radical (unpaired) electrons. The molecule has 3 fully saturated rings. The lowest BCUT2D eigenvalue weighted by Crippen LogP contribution is -2.54. The molecule has 6 rings (SSSR count). The van der Waals surface area contributed by atoms with Crippen molar-refractivity contribution in [2.24, 2.45) is 28.1 Å². The number of carbonyl (C=O) groups excluding carboxylic acids is 1. The summed E-state index contributed by atoms with van der Waals surface area (Å²) in [5.74, 6) is 0.543. The van der Waals surface area contributed by atoms with Crippen molar-refractivity contribution in [3.05, 3.63) is 22.3 Å². The lowest BCUT2D eigenvalue weighted by Gasteiger charge is -2.44. The maximum Gasteiger partial charge on any atom is 0.287 e. The maximum atomic E-state index is 13.7. The van der Waals surface area contributed by atoms with Crippen molar-refractivity contribution in [2.45, 2.75) is 56.0 Å². The van der Waals surface area contributed by atoms with Crippen LogP contribution in [0.2, 0.25) is 0 Å². The van der Waals surface area contributed by atoms with Crippen molar-refractivity contribution in [1.29, 1.82) is 0 Å². The topological polar surface area (TPSA) is 145 Å². The van der Waals surface area contributed by atoms with Crippen molar-refractivity contribution in [3.8, 4) is 0 Å². The van der Waals surface area contributed by atoms with E-state index < -0.39 is 20.0 Å². The van der Waals surface area contributed by atoms with Crippen LogP contribution in [-0.2, 0) is 31.4 Å². The zero-order valence-electron chi connectivity index (χ0n) is 19.2. The highest BCUT2D eigenvalue weighted by Gasteiger charge is 2.57. The first-order valence-corrected chi connectivity index (χ1v) is 16.2. The van der Waals surface area contributed by atoms with Gasteiger partial charge in [0.25, 0.3) is 15.9 Å². The molecule has 1 unspecified atom stereocenters. The molecule has 2 bridgehead atoms. The van der Waals surface area contributed by atoms with Crippen LogP contribution in [0.4, 0.5) is 5.00 Å². The second-order valence-electron chi connectivity index (χ2n) is 10.4. The smallest absolute Gasteiger partial charge is 0.287 e. The quantitative estimate of drug-likeness (QED) is 0.481. The van der Waals surface area contributed by atoms with Gasteiger partial charge in [0.2, 0.25) is 10.0 Å². The Morgan fingerprint density at radius 3 is 2.71 bits per heavy atom. The van der Waals surface area contributed by atoms with Crippen LogP contribution in [0.1, 0.15) is 44.1 Å². The number of hydrogen-bond acceptors (Lipinski definition) is 8. The number of nitrogens with zero attached hydrogens (tertiary/aromatic N) is 2. The van der Waals surface area contributed by atoms with E-state index in [1.54, 1.807) is 5.38 Å². The second-order valence-corrected chi connectivity index (χ2v) is 14.6. The fraction of sp³-hybridized carbons (Fsp3) is 0.636. The van der Waals surface area contributed by atoms with Gasteiger partial charge in [0.05, 0.1) is 6.26 Å². The number of amidine groups is 1. The summed E-state index contributed by atoms with van der Waals surface area (Å²) in [6.07, 6.45) is 7.31. The number of nitrogens with one attached hydrogen (secondary N) is 2. The lowest BCUT2D eigenvalue weighted by molar-refractivity contribution is -0.133. The van der Waals surface area contributed by atoms with Gasteiger partial charge in [0.15, 0.2) is 5.84 Å². The monoisotopic (exact) mass is 540 g/mol. The minimum atomic E-state index is -4.22. The van der Waals surface area contributed by atoms with Gasteiger partial charge in [-0.1, -0.05) is 12.8 Å². The average Bonchev–Trinajstić information content (AvgIpc) is 3.16. The Hall–Kier alpha value is -1.96. The molecular formula is C22H28N4O6S3. The molecule has 13 heteroatoms. The Morgan fingerprint density at radius 1 is 1.26 bits per heavy atom. The molecule has 0 saturated heterocycles. The Balaban J connectivity index is 1.37. The highest BCUT2D eigenvalue weighted by molar-refractivity contribution is 7.91. The summed E-state index contributed by atoms with van der Waals surface area (Å²) in [4.78, 5) is 15.5. The number of hydrogen-bond donors (Lipinski definition) is 3. The molecule has 1 aromatic rings. The minimum absolute atomic E-state index is 0.0319. The van der Waals surface area contributed by atoms with E-state index in [1.807, 2.05) is 4.90 Å². The van der Waals surface area contributed by atoms with Gasteiger partial charge in [-0.3, -0.25) is 4.79 Å². The summed E-state index contributed by atoms with van der Waals surface area (Å²) in [6.45, 7) is 0.418. The third-order valence-electron chi connectivity index (χ3n) is 8.03. The number of thiophene rings is 1. The predicted molar refractivity (Wildman–Crippen MR) is 131 cm³/mol. The SMILES string of the molecule is CS(=O)(=O)NCc1csc2c1S(=O)(=O)N=C(C1=C(O)[C@H]3C([C@@H]4CC[C@H]3C4)N(CCC3CC3)C1=O)N2. The number of aliphatic hydroxyl groups is 1. The van der Waals surface area contributed by atoms with Crippen molar-refractivity contribution in [2.75, 3.05) is 18.1 Å². The van der Waals surface area contributed by atoms with Gasteiger partial charge in [0.1, 0.15) is 21.2 Å². The van der Waals surface area contributed by atoms with E-state index in [9.17, 15) is 26.7 Å². The van der Waals surface area contributed by atoms with Crippen LogP contribution in [0.25, 0.3) is 0 Å². The molecule has 4 atom stereocenters. The van der Waals surface area contributed by atoms with Crippen LogP contribution in [0.15, 0.2) is 26.0 Å². The van der Waals surface area contributed by atoms with E-state index in [1.165, 1.54) is 12.8 Å².